The second kappa shape index (κ2) is 4.16. The van der Waals surface area contributed by atoms with E-state index in [-0.39, 0.29) is 6.54 Å². The molecule has 1 rings (SSSR count). The van der Waals surface area contributed by atoms with E-state index in [0.29, 0.717) is 0 Å². The maximum absolute atomic E-state index is 13.2. The van der Waals surface area contributed by atoms with Gasteiger partial charge in [0.15, 0.2) is 0 Å². The zero-order valence-electron chi connectivity index (χ0n) is 7.68. The fourth-order valence-electron chi connectivity index (χ4n) is 1.28. The fourth-order valence-corrected chi connectivity index (χ4v) is 1.28. The predicted octanol–water partition coefficient (Wildman–Crippen LogP) is 1.80. The van der Waals surface area contributed by atoms with Gasteiger partial charge in [-0.1, -0.05) is 6.07 Å². The summed E-state index contributed by atoms with van der Waals surface area (Å²) in [6.07, 6.45) is -4.62. The predicted molar refractivity (Wildman–Crippen MR) is 47.4 cm³/mol. The average Bonchev–Trinajstić information content (AvgIpc) is 2.15. The van der Waals surface area contributed by atoms with Gasteiger partial charge in [-0.2, -0.15) is 13.2 Å². The zero-order valence-corrected chi connectivity index (χ0v) is 7.68. The summed E-state index contributed by atoms with van der Waals surface area (Å²) in [5.41, 5.74) is 8.81. The maximum Gasteiger partial charge on any atom is 0.416 e. The highest BCUT2D eigenvalue weighted by atomic mass is 19.4. The van der Waals surface area contributed by atoms with E-state index in [1.54, 1.807) is 0 Å². The molecule has 1 aromatic rings. The minimum Gasteiger partial charge on any atom is -0.329 e. The Morgan fingerprint density at radius 2 is 1.87 bits per heavy atom. The molecule has 0 saturated heterocycles. The van der Waals surface area contributed by atoms with Crippen molar-refractivity contribution < 1.29 is 17.6 Å². The first-order chi connectivity index (χ1) is 6.88. The molecule has 15 heavy (non-hydrogen) atoms. The van der Waals surface area contributed by atoms with Gasteiger partial charge in [-0.05, 0) is 12.1 Å². The third-order valence-corrected chi connectivity index (χ3v) is 1.98. The van der Waals surface area contributed by atoms with Crippen LogP contribution < -0.4 is 11.5 Å². The molecule has 0 spiro atoms. The standard InChI is InChI=1S/C9H10F4N2/c10-6-3-1-2-5(9(11,12)13)8(6)7(15)4-14/h1-3,7H,4,14-15H2/t7-/m1/s1. The Morgan fingerprint density at radius 3 is 2.33 bits per heavy atom. The first kappa shape index (κ1) is 11.9. The van der Waals surface area contributed by atoms with Crippen molar-refractivity contribution in [2.75, 3.05) is 6.54 Å². The van der Waals surface area contributed by atoms with Crippen LogP contribution in [0.15, 0.2) is 18.2 Å². The molecular formula is C9H10F4N2. The van der Waals surface area contributed by atoms with Gasteiger partial charge in [0.05, 0.1) is 5.56 Å². The van der Waals surface area contributed by atoms with E-state index in [2.05, 4.69) is 0 Å². The third kappa shape index (κ3) is 2.45. The van der Waals surface area contributed by atoms with E-state index in [4.69, 9.17) is 11.5 Å². The molecule has 0 aliphatic heterocycles. The average molecular weight is 222 g/mol. The van der Waals surface area contributed by atoms with E-state index >= 15 is 0 Å². The summed E-state index contributed by atoms with van der Waals surface area (Å²) in [5, 5.41) is 0. The second-order valence-electron chi connectivity index (χ2n) is 3.04. The molecule has 0 heterocycles. The molecule has 6 heteroatoms. The summed E-state index contributed by atoms with van der Waals surface area (Å²) in [5.74, 6) is -0.984. The number of rotatable bonds is 2. The van der Waals surface area contributed by atoms with Gasteiger partial charge in [0.1, 0.15) is 5.82 Å². The Hall–Kier alpha value is -1.14. The van der Waals surface area contributed by atoms with Crippen LogP contribution in [-0.4, -0.2) is 6.54 Å². The topological polar surface area (TPSA) is 52.0 Å². The van der Waals surface area contributed by atoms with E-state index in [1.165, 1.54) is 0 Å². The van der Waals surface area contributed by atoms with Crippen molar-refractivity contribution in [2.24, 2.45) is 11.5 Å². The van der Waals surface area contributed by atoms with Crippen LogP contribution in [0.25, 0.3) is 0 Å². The number of halogens is 4. The lowest BCUT2D eigenvalue weighted by Crippen LogP contribution is -2.25. The molecule has 0 bridgehead atoms. The Kier molecular flexibility index (Phi) is 3.31. The molecule has 4 N–H and O–H groups in total. The Balaban J connectivity index is 3.33. The number of nitrogens with two attached hydrogens (primary N) is 2. The van der Waals surface area contributed by atoms with Crippen molar-refractivity contribution in [3.8, 4) is 0 Å². The largest absolute Gasteiger partial charge is 0.416 e. The molecule has 0 unspecified atom stereocenters. The fraction of sp³-hybridized carbons (Fsp3) is 0.333. The molecule has 0 saturated carbocycles. The summed E-state index contributed by atoms with van der Waals surface area (Å²) in [6.45, 7) is -0.246. The van der Waals surface area contributed by atoms with Crippen LogP contribution >= 0.6 is 0 Å². The van der Waals surface area contributed by atoms with Crippen molar-refractivity contribution in [1.82, 2.24) is 0 Å². The van der Waals surface area contributed by atoms with Crippen LogP contribution in [0.3, 0.4) is 0 Å². The highest BCUT2D eigenvalue weighted by Gasteiger charge is 2.35. The summed E-state index contributed by atoms with van der Waals surface area (Å²) in [6, 6.07) is 1.56. The van der Waals surface area contributed by atoms with Crippen molar-refractivity contribution >= 4 is 0 Å². The molecule has 0 aromatic heterocycles. The minimum absolute atomic E-state index is 0.246. The van der Waals surface area contributed by atoms with Crippen LogP contribution in [0.5, 0.6) is 0 Å². The summed E-state index contributed by atoms with van der Waals surface area (Å²) < 4.78 is 50.6. The number of alkyl halides is 3. The van der Waals surface area contributed by atoms with Gasteiger partial charge < -0.3 is 11.5 Å². The van der Waals surface area contributed by atoms with E-state index in [1.807, 2.05) is 0 Å². The van der Waals surface area contributed by atoms with Crippen molar-refractivity contribution in [3.63, 3.8) is 0 Å². The van der Waals surface area contributed by atoms with Crippen LogP contribution in [0.4, 0.5) is 17.6 Å². The lowest BCUT2D eigenvalue weighted by atomic mass is 10.00. The second-order valence-corrected chi connectivity index (χ2v) is 3.04. The smallest absolute Gasteiger partial charge is 0.329 e. The summed E-state index contributed by atoms with van der Waals surface area (Å²) in [7, 11) is 0. The molecule has 1 atom stereocenters. The molecule has 2 nitrogen and oxygen atoms in total. The van der Waals surface area contributed by atoms with Gasteiger partial charge in [0, 0.05) is 18.2 Å². The highest BCUT2D eigenvalue weighted by molar-refractivity contribution is 5.33. The van der Waals surface area contributed by atoms with Gasteiger partial charge in [0.25, 0.3) is 0 Å². The minimum atomic E-state index is -4.62. The molecular weight excluding hydrogens is 212 g/mol. The van der Waals surface area contributed by atoms with Gasteiger partial charge >= 0.3 is 6.18 Å². The molecule has 0 fully saturated rings. The van der Waals surface area contributed by atoms with Gasteiger partial charge in [-0.15, -0.1) is 0 Å². The summed E-state index contributed by atoms with van der Waals surface area (Å²) in [4.78, 5) is 0. The van der Waals surface area contributed by atoms with Crippen LogP contribution in [0.1, 0.15) is 17.2 Å². The molecule has 84 valence electrons. The first-order valence-electron chi connectivity index (χ1n) is 4.19. The lowest BCUT2D eigenvalue weighted by Gasteiger charge is -2.17. The molecule has 0 aliphatic rings. The van der Waals surface area contributed by atoms with Gasteiger partial charge in [-0.25, -0.2) is 4.39 Å². The third-order valence-electron chi connectivity index (χ3n) is 1.98. The highest BCUT2D eigenvalue weighted by Crippen LogP contribution is 2.34. The van der Waals surface area contributed by atoms with Crippen molar-refractivity contribution in [2.45, 2.75) is 12.2 Å². The van der Waals surface area contributed by atoms with Crippen LogP contribution in [0, 0.1) is 5.82 Å². The Bertz CT molecular complexity index is 348. The molecule has 0 radical (unpaired) electrons. The molecule has 1 aromatic carbocycles. The molecule has 0 aliphatic carbocycles. The Labute approximate surface area is 83.9 Å². The number of hydrogen-bond acceptors (Lipinski definition) is 2. The molecule has 0 amide bonds. The van der Waals surface area contributed by atoms with E-state index in [9.17, 15) is 17.6 Å². The van der Waals surface area contributed by atoms with Gasteiger partial charge in [0.2, 0.25) is 0 Å². The SMILES string of the molecule is NC[C@@H](N)c1c(F)cccc1C(F)(F)F. The van der Waals surface area contributed by atoms with Crippen LogP contribution in [-0.2, 0) is 6.18 Å². The Morgan fingerprint density at radius 1 is 1.27 bits per heavy atom. The zero-order chi connectivity index (χ0) is 11.6. The quantitative estimate of drug-likeness (QED) is 0.749. The van der Waals surface area contributed by atoms with Crippen molar-refractivity contribution in [1.29, 1.82) is 0 Å². The normalized spacial score (nSPS) is 14.0. The summed E-state index contributed by atoms with van der Waals surface area (Å²) >= 11 is 0. The first-order valence-corrected chi connectivity index (χ1v) is 4.19. The van der Waals surface area contributed by atoms with Crippen molar-refractivity contribution in [3.05, 3.63) is 35.1 Å². The van der Waals surface area contributed by atoms with Gasteiger partial charge in [-0.3, -0.25) is 0 Å². The van der Waals surface area contributed by atoms with E-state index in [0.717, 1.165) is 18.2 Å². The van der Waals surface area contributed by atoms with Crippen LogP contribution in [0.2, 0.25) is 0 Å². The van der Waals surface area contributed by atoms with E-state index < -0.39 is 29.2 Å². The number of hydrogen-bond donors (Lipinski definition) is 2. The number of benzene rings is 1. The maximum atomic E-state index is 13.2. The lowest BCUT2D eigenvalue weighted by molar-refractivity contribution is -0.138. The monoisotopic (exact) mass is 222 g/mol.